The van der Waals surface area contributed by atoms with Gasteiger partial charge in [-0.15, -0.1) is 0 Å². The zero-order valence-electron chi connectivity index (χ0n) is 6.72. The fourth-order valence-electron chi connectivity index (χ4n) is 1.04. The lowest BCUT2D eigenvalue weighted by Crippen LogP contribution is -2.17. The Bertz CT molecular complexity index is 167. The van der Waals surface area contributed by atoms with Gasteiger partial charge in [0.2, 0.25) is 5.91 Å². The lowest BCUT2D eigenvalue weighted by Gasteiger charge is -2.13. The van der Waals surface area contributed by atoms with Gasteiger partial charge < -0.3 is 10.1 Å². The standard InChI is InChI=1S/C8H13NO2/c1-9-8(10)6-7-2-4-11-5-3-7/h6H,2-5H2,1H3,(H,9,10). The van der Waals surface area contributed by atoms with Crippen molar-refractivity contribution < 1.29 is 9.53 Å². The van der Waals surface area contributed by atoms with Crippen LogP contribution in [-0.4, -0.2) is 26.2 Å². The van der Waals surface area contributed by atoms with E-state index < -0.39 is 0 Å². The fraction of sp³-hybridized carbons (Fsp3) is 0.625. The molecule has 62 valence electrons. The van der Waals surface area contributed by atoms with E-state index in [2.05, 4.69) is 5.32 Å². The molecule has 0 spiro atoms. The first kappa shape index (κ1) is 8.27. The molecule has 0 aromatic rings. The van der Waals surface area contributed by atoms with Crippen LogP contribution in [0.2, 0.25) is 0 Å². The maximum absolute atomic E-state index is 10.9. The summed E-state index contributed by atoms with van der Waals surface area (Å²) in [5, 5.41) is 2.56. The van der Waals surface area contributed by atoms with Crippen LogP contribution in [0.1, 0.15) is 12.8 Å². The van der Waals surface area contributed by atoms with E-state index in [0.717, 1.165) is 26.1 Å². The van der Waals surface area contributed by atoms with Crippen molar-refractivity contribution in [1.29, 1.82) is 0 Å². The van der Waals surface area contributed by atoms with Crippen molar-refractivity contribution in [3.8, 4) is 0 Å². The number of likely N-dealkylation sites (N-methyl/N-ethyl adjacent to an activating group) is 1. The Hall–Kier alpha value is -0.830. The Labute approximate surface area is 66.4 Å². The Kier molecular flexibility index (Phi) is 3.11. The molecule has 0 bridgehead atoms. The summed E-state index contributed by atoms with van der Waals surface area (Å²) in [7, 11) is 1.64. The van der Waals surface area contributed by atoms with Crippen LogP contribution in [0.25, 0.3) is 0 Å². The molecule has 11 heavy (non-hydrogen) atoms. The van der Waals surface area contributed by atoms with Crippen LogP contribution < -0.4 is 5.32 Å². The van der Waals surface area contributed by atoms with Gasteiger partial charge in [-0.05, 0) is 12.8 Å². The van der Waals surface area contributed by atoms with Crippen LogP contribution in [-0.2, 0) is 9.53 Å². The summed E-state index contributed by atoms with van der Waals surface area (Å²) in [4.78, 5) is 10.9. The van der Waals surface area contributed by atoms with Crippen molar-refractivity contribution in [3.63, 3.8) is 0 Å². The predicted molar refractivity (Wildman–Crippen MR) is 42.2 cm³/mol. The van der Waals surface area contributed by atoms with Gasteiger partial charge in [0, 0.05) is 13.1 Å². The molecule has 1 amide bonds. The molecule has 1 heterocycles. The van der Waals surface area contributed by atoms with E-state index >= 15 is 0 Å². The number of carbonyl (C=O) groups is 1. The van der Waals surface area contributed by atoms with Gasteiger partial charge in [-0.3, -0.25) is 4.79 Å². The largest absolute Gasteiger partial charge is 0.381 e. The van der Waals surface area contributed by atoms with Crippen LogP contribution in [0.3, 0.4) is 0 Å². The van der Waals surface area contributed by atoms with Crippen molar-refractivity contribution >= 4 is 5.91 Å². The molecule has 1 aliphatic rings. The molecule has 1 N–H and O–H groups in total. The molecule has 3 heteroatoms. The highest BCUT2D eigenvalue weighted by Gasteiger charge is 2.05. The molecule has 1 saturated heterocycles. The van der Waals surface area contributed by atoms with Crippen molar-refractivity contribution in [2.24, 2.45) is 0 Å². The molecule has 0 radical (unpaired) electrons. The third kappa shape index (κ3) is 2.72. The molecule has 0 atom stereocenters. The van der Waals surface area contributed by atoms with Crippen molar-refractivity contribution in [2.45, 2.75) is 12.8 Å². The van der Waals surface area contributed by atoms with Crippen molar-refractivity contribution in [2.75, 3.05) is 20.3 Å². The molecule has 1 fully saturated rings. The monoisotopic (exact) mass is 155 g/mol. The van der Waals surface area contributed by atoms with Gasteiger partial charge in [-0.2, -0.15) is 0 Å². The van der Waals surface area contributed by atoms with E-state index in [9.17, 15) is 4.79 Å². The highest BCUT2D eigenvalue weighted by molar-refractivity contribution is 5.87. The van der Waals surface area contributed by atoms with E-state index in [1.807, 2.05) is 0 Å². The van der Waals surface area contributed by atoms with Crippen LogP contribution in [0.4, 0.5) is 0 Å². The zero-order valence-corrected chi connectivity index (χ0v) is 6.72. The topological polar surface area (TPSA) is 38.3 Å². The van der Waals surface area contributed by atoms with E-state index in [1.54, 1.807) is 13.1 Å². The van der Waals surface area contributed by atoms with Crippen LogP contribution in [0, 0.1) is 0 Å². The average Bonchev–Trinajstić information content (AvgIpc) is 2.06. The average molecular weight is 155 g/mol. The van der Waals surface area contributed by atoms with Crippen molar-refractivity contribution in [3.05, 3.63) is 11.6 Å². The van der Waals surface area contributed by atoms with Gasteiger partial charge in [0.15, 0.2) is 0 Å². The molecular formula is C8H13NO2. The second-order valence-corrected chi connectivity index (χ2v) is 2.53. The minimum atomic E-state index is -0.0121. The highest BCUT2D eigenvalue weighted by Crippen LogP contribution is 2.12. The van der Waals surface area contributed by atoms with Gasteiger partial charge in [-0.1, -0.05) is 5.57 Å². The molecule has 1 aliphatic heterocycles. The minimum Gasteiger partial charge on any atom is -0.381 e. The molecule has 3 nitrogen and oxygen atoms in total. The van der Waals surface area contributed by atoms with Crippen molar-refractivity contribution in [1.82, 2.24) is 5.32 Å². The summed E-state index contributed by atoms with van der Waals surface area (Å²) < 4.78 is 5.14. The second-order valence-electron chi connectivity index (χ2n) is 2.53. The lowest BCUT2D eigenvalue weighted by molar-refractivity contribution is -0.116. The van der Waals surface area contributed by atoms with E-state index in [0.29, 0.717) is 0 Å². The smallest absolute Gasteiger partial charge is 0.243 e. The van der Waals surface area contributed by atoms with Crippen LogP contribution in [0.15, 0.2) is 11.6 Å². The van der Waals surface area contributed by atoms with Crippen LogP contribution in [0.5, 0.6) is 0 Å². The van der Waals surface area contributed by atoms with Gasteiger partial charge >= 0.3 is 0 Å². The third-order valence-corrected chi connectivity index (χ3v) is 1.72. The predicted octanol–water partition coefficient (Wildman–Crippen LogP) is 0.469. The van der Waals surface area contributed by atoms with E-state index in [1.165, 1.54) is 5.57 Å². The number of hydrogen-bond donors (Lipinski definition) is 1. The molecule has 0 aromatic carbocycles. The third-order valence-electron chi connectivity index (χ3n) is 1.72. The molecule has 1 rings (SSSR count). The molecule has 0 saturated carbocycles. The number of carbonyl (C=O) groups excluding carboxylic acids is 1. The van der Waals surface area contributed by atoms with Gasteiger partial charge in [-0.25, -0.2) is 0 Å². The Morgan fingerprint density at radius 1 is 1.55 bits per heavy atom. The second kappa shape index (κ2) is 4.13. The number of nitrogens with one attached hydrogen (secondary N) is 1. The number of rotatable bonds is 1. The maximum Gasteiger partial charge on any atom is 0.243 e. The van der Waals surface area contributed by atoms with Gasteiger partial charge in [0.1, 0.15) is 0 Å². The summed E-state index contributed by atoms with van der Waals surface area (Å²) in [6.07, 6.45) is 3.46. The molecule has 0 aliphatic carbocycles. The van der Waals surface area contributed by atoms with Gasteiger partial charge in [0.05, 0.1) is 13.2 Å². The fourth-order valence-corrected chi connectivity index (χ4v) is 1.04. The first-order chi connectivity index (χ1) is 5.33. The summed E-state index contributed by atoms with van der Waals surface area (Å²) in [6.45, 7) is 1.51. The Morgan fingerprint density at radius 3 is 2.73 bits per heavy atom. The first-order valence-corrected chi connectivity index (χ1v) is 3.82. The Morgan fingerprint density at radius 2 is 2.18 bits per heavy atom. The van der Waals surface area contributed by atoms with Crippen LogP contribution >= 0.6 is 0 Å². The highest BCUT2D eigenvalue weighted by atomic mass is 16.5. The minimum absolute atomic E-state index is 0.0121. The normalized spacial score (nSPS) is 17.7. The summed E-state index contributed by atoms with van der Waals surface area (Å²) in [5.74, 6) is -0.0121. The number of hydrogen-bond acceptors (Lipinski definition) is 2. The summed E-state index contributed by atoms with van der Waals surface area (Å²) >= 11 is 0. The number of amides is 1. The molecule has 0 aromatic heterocycles. The van der Waals surface area contributed by atoms with Gasteiger partial charge in [0.25, 0.3) is 0 Å². The Balaban J connectivity index is 2.43. The summed E-state index contributed by atoms with van der Waals surface area (Å²) in [6, 6.07) is 0. The quantitative estimate of drug-likeness (QED) is 0.559. The first-order valence-electron chi connectivity index (χ1n) is 3.82. The number of ether oxygens (including phenoxy) is 1. The SMILES string of the molecule is CNC(=O)C=C1CCOCC1. The maximum atomic E-state index is 10.9. The molecular weight excluding hydrogens is 142 g/mol. The summed E-state index contributed by atoms with van der Waals surface area (Å²) in [5.41, 5.74) is 1.19. The molecule has 0 unspecified atom stereocenters. The van der Waals surface area contributed by atoms with E-state index in [4.69, 9.17) is 4.74 Å². The lowest BCUT2D eigenvalue weighted by atomic mass is 10.1. The zero-order chi connectivity index (χ0) is 8.10. The van der Waals surface area contributed by atoms with E-state index in [-0.39, 0.29) is 5.91 Å².